The lowest BCUT2D eigenvalue weighted by atomic mass is 9.95. The normalized spacial score (nSPS) is 25.6. The van der Waals surface area contributed by atoms with Crippen LogP contribution in [0.25, 0.3) is 0 Å². The molecule has 0 radical (unpaired) electrons. The maximum absolute atomic E-state index is 11.9. The molecule has 2 rings (SSSR count). The number of hydrogen-bond acceptors (Lipinski definition) is 2. The smallest absolute Gasteiger partial charge is 0.315 e. The third-order valence-corrected chi connectivity index (χ3v) is 4.77. The van der Waals surface area contributed by atoms with E-state index in [2.05, 4.69) is 29.4 Å². The summed E-state index contributed by atoms with van der Waals surface area (Å²) in [5.74, 6) is 0.614. The van der Waals surface area contributed by atoms with Gasteiger partial charge in [-0.25, -0.2) is 4.79 Å². The number of nitrogens with one attached hydrogen (secondary N) is 2. The van der Waals surface area contributed by atoms with Gasteiger partial charge in [0, 0.05) is 25.2 Å². The molecule has 4 heteroatoms. The number of carbonyl (C=O) groups excluding carboxylic acids is 1. The van der Waals surface area contributed by atoms with Crippen LogP contribution in [0.2, 0.25) is 0 Å². The minimum Gasteiger partial charge on any atom is -0.338 e. The summed E-state index contributed by atoms with van der Waals surface area (Å²) in [5, 5.41) is 6.21. The fourth-order valence-corrected chi connectivity index (χ4v) is 3.45. The van der Waals surface area contributed by atoms with E-state index in [9.17, 15) is 4.79 Å². The molecule has 4 nitrogen and oxygen atoms in total. The van der Waals surface area contributed by atoms with Crippen LogP contribution in [-0.2, 0) is 0 Å². The molecular formula is C16H31N3O. The highest BCUT2D eigenvalue weighted by Gasteiger charge is 2.22. The van der Waals surface area contributed by atoms with Crippen LogP contribution < -0.4 is 10.6 Å². The monoisotopic (exact) mass is 281 g/mol. The molecule has 0 aromatic rings. The standard InChI is InChI=1S/C16H31N3O/c1-13(2)19-10-6-7-14(12-19)11-17-16(20)18-15-8-4-3-5-9-15/h13-15H,3-12H2,1-2H3,(H2,17,18,20)/t14-/m1/s1. The molecular weight excluding hydrogens is 250 g/mol. The molecule has 0 unspecified atom stereocenters. The van der Waals surface area contributed by atoms with Gasteiger partial charge in [-0.2, -0.15) is 0 Å². The number of nitrogens with zero attached hydrogens (tertiary/aromatic N) is 1. The highest BCUT2D eigenvalue weighted by Crippen LogP contribution is 2.18. The summed E-state index contributed by atoms with van der Waals surface area (Å²) in [4.78, 5) is 14.5. The summed E-state index contributed by atoms with van der Waals surface area (Å²) in [6.07, 6.45) is 8.65. The Bertz CT molecular complexity index is 300. The topological polar surface area (TPSA) is 44.4 Å². The molecule has 2 amide bonds. The van der Waals surface area contributed by atoms with Crippen molar-refractivity contribution in [2.45, 2.75) is 70.9 Å². The summed E-state index contributed by atoms with van der Waals surface area (Å²) in [7, 11) is 0. The molecule has 0 bridgehead atoms. The SMILES string of the molecule is CC(C)N1CCC[C@H](CNC(=O)NC2CCCCC2)C1. The minimum atomic E-state index is 0.0403. The van der Waals surface area contributed by atoms with Crippen molar-refractivity contribution < 1.29 is 4.79 Å². The van der Waals surface area contributed by atoms with Gasteiger partial charge in [-0.05, 0) is 52.0 Å². The molecule has 1 heterocycles. The molecule has 0 aromatic carbocycles. The van der Waals surface area contributed by atoms with Crippen molar-refractivity contribution >= 4 is 6.03 Å². The first-order valence-electron chi connectivity index (χ1n) is 8.43. The van der Waals surface area contributed by atoms with Gasteiger partial charge in [0.25, 0.3) is 0 Å². The molecule has 2 N–H and O–H groups in total. The van der Waals surface area contributed by atoms with Gasteiger partial charge in [0.15, 0.2) is 0 Å². The lowest BCUT2D eigenvalue weighted by Gasteiger charge is -2.35. The Labute approximate surface area is 123 Å². The van der Waals surface area contributed by atoms with Crippen molar-refractivity contribution in [2.75, 3.05) is 19.6 Å². The number of likely N-dealkylation sites (tertiary alicyclic amines) is 1. The van der Waals surface area contributed by atoms with Crippen molar-refractivity contribution in [3.8, 4) is 0 Å². The highest BCUT2D eigenvalue weighted by atomic mass is 16.2. The summed E-state index contributed by atoms with van der Waals surface area (Å²) in [6, 6.07) is 1.06. The van der Waals surface area contributed by atoms with E-state index >= 15 is 0 Å². The Morgan fingerprint density at radius 1 is 1.15 bits per heavy atom. The molecule has 0 spiro atoms. The fourth-order valence-electron chi connectivity index (χ4n) is 3.45. The van der Waals surface area contributed by atoms with Gasteiger partial charge >= 0.3 is 6.03 Å². The van der Waals surface area contributed by atoms with E-state index in [1.807, 2.05) is 0 Å². The van der Waals surface area contributed by atoms with E-state index in [1.165, 1.54) is 38.6 Å². The van der Waals surface area contributed by atoms with Gasteiger partial charge < -0.3 is 15.5 Å². The number of hydrogen-bond donors (Lipinski definition) is 2. The molecule has 2 fully saturated rings. The van der Waals surface area contributed by atoms with Crippen molar-refractivity contribution in [3.05, 3.63) is 0 Å². The molecule has 1 aliphatic carbocycles. The van der Waals surface area contributed by atoms with Gasteiger partial charge in [0.05, 0.1) is 0 Å². The molecule has 2 aliphatic rings. The van der Waals surface area contributed by atoms with Crippen molar-refractivity contribution in [1.29, 1.82) is 0 Å². The molecule has 116 valence electrons. The van der Waals surface area contributed by atoms with Crippen LogP contribution in [0.15, 0.2) is 0 Å². The highest BCUT2D eigenvalue weighted by molar-refractivity contribution is 5.74. The first-order valence-corrected chi connectivity index (χ1v) is 8.43. The first kappa shape index (κ1) is 15.6. The Kier molecular flexibility index (Phi) is 6.14. The van der Waals surface area contributed by atoms with E-state index in [0.717, 1.165) is 25.9 Å². The summed E-state index contributed by atoms with van der Waals surface area (Å²) in [6.45, 7) is 7.67. The molecule has 1 atom stereocenters. The summed E-state index contributed by atoms with van der Waals surface area (Å²) >= 11 is 0. The molecule has 0 aromatic heterocycles. The zero-order valence-corrected chi connectivity index (χ0v) is 13.2. The first-order chi connectivity index (χ1) is 9.65. The van der Waals surface area contributed by atoms with Crippen LogP contribution in [0.3, 0.4) is 0 Å². The average molecular weight is 281 g/mol. The Balaban J connectivity index is 1.64. The van der Waals surface area contributed by atoms with Crippen molar-refractivity contribution in [1.82, 2.24) is 15.5 Å². The zero-order valence-electron chi connectivity index (χ0n) is 13.2. The number of urea groups is 1. The maximum Gasteiger partial charge on any atom is 0.315 e. The number of carbonyl (C=O) groups is 1. The summed E-state index contributed by atoms with van der Waals surface area (Å²) in [5.41, 5.74) is 0. The lowest BCUT2D eigenvalue weighted by Crippen LogP contribution is -2.47. The lowest BCUT2D eigenvalue weighted by molar-refractivity contribution is 0.139. The number of amides is 2. The van der Waals surface area contributed by atoms with Gasteiger partial charge in [-0.15, -0.1) is 0 Å². The maximum atomic E-state index is 11.9. The molecule has 1 saturated carbocycles. The van der Waals surface area contributed by atoms with Gasteiger partial charge in [-0.1, -0.05) is 19.3 Å². The zero-order chi connectivity index (χ0) is 14.4. The van der Waals surface area contributed by atoms with Crippen molar-refractivity contribution in [2.24, 2.45) is 5.92 Å². The predicted octanol–water partition coefficient (Wildman–Crippen LogP) is 2.74. The van der Waals surface area contributed by atoms with Gasteiger partial charge in [0.1, 0.15) is 0 Å². The number of piperidine rings is 1. The minimum absolute atomic E-state index is 0.0403. The van der Waals surface area contributed by atoms with Crippen LogP contribution in [0, 0.1) is 5.92 Å². The van der Waals surface area contributed by atoms with E-state index in [4.69, 9.17) is 0 Å². The van der Waals surface area contributed by atoms with Crippen LogP contribution in [0.4, 0.5) is 4.79 Å². The fraction of sp³-hybridized carbons (Fsp3) is 0.938. The van der Waals surface area contributed by atoms with Crippen LogP contribution in [0.1, 0.15) is 58.8 Å². The van der Waals surface area contributed by atoms with Crippen LogP contribution >= 0.6 is 0 Å². The van der Waals surface area contributed by atoms with Gasteiger partial charge in [0.2, 0.25) is 0 Å². The van der Waals surface area contributed by atoms with E-state index in [0.29, 0.717) is 18.0 Å². The van der Waals surface area contributed by atoms with E-state index in [1.54, 1.807) is 0 Å². The van der Waals surface area contributed by atoms with Crippen LogP contribution in [0.5, 0.6) is 0 Å². The largest absolute Gasteiger partial charge is 0.338 e. The predicted molar refractivity (Wildman–Crippen MR) is 82.8 cm³/mol. The number of rotatable bonds is 4. The second-order valence-corrected chi connectivity index (χ2v) is 6.79. The van der Waals surface area contributed by atoms with E-state index in [-0.39, 0.29) is 6.03 Å². The Hall–Kier alpha value is -0.770. The molecule has 20 heavy (non-hydrogen) atoms. The second-order valence-electron chi connectivity index (χ2n) is 6.79. The third kappa shape index (κ3) is 4.97. The van der Waals surface area contributed by atoms with Crippen molar-refractivity contribution in [3.63, 3.8) is 0 Å². The van der Waals surface area contributed by atoms with Crippen LogP contribution in [-0.4, -0.2) is 42.6 Å². The molecule has 1 saturated heterocycles. The van der Waals surface area contributed by atoms with E-state index < -0.39 is 0 Å². The Morgan fingerprint density at radius 2 is 1.90 bits per heavy atom. The second kappa shape index (κ2) is 7.87. The third-order valence-electron chi connectivity index (χ3n) is 4.77. The average Bonchev–Trinajstić information content (AvgIpc) is 2.46. The Morgan fingerprint density at radius 3 is 2.60 bits per heavy atom. The molecule has 1 aliphatic heterocycles. The quantitative estimate of drug-likeness (QED) is 0.832. The van der Waals surface area contributed by atoms with Gasteiger partial charge in [-0.3, -0.25) is 0 Å². The summed E-state index contributed by atoms with van der Waals surface area (Å²) < 4.78 is 0.